The molecule has 0 amide bonds. The van der Waals surface area contributed by atoms with E-state index in [1.165, 1.54) is 35.0 Å². The van der Waals surface area contributed by atoms with Crippen LogP contribution in [0, 0.1) is 5.92 Å². The van der Waals surface area contributed by atoms with E-state index in [9.17, 15) is 0 Å². The van der Waals surface area contributed by atoms with Gasteiger partial charge < -0.3 is 8.99 Å². The fraction of sp³-hybridized carbons (Fsp3) is 0.650. The van der Waals surface area contributed by atoms with Crippen molar-refractivity contribution in [2.75, 3.05) is 0 Å². The van der Waals surface area contributed by atoms with Crippen LogP contribution in [0.2, 0.25) is 18.1 Å². The number of hydrogen-bond acceptors (Lipinski definition) is 3. The van der Waals surface area contributed by atoms with Crippen molar-refractivity contribution in [3.05, 3.63) is 39.5 Å². The van der Waals surface area contributed by atoms with E-state index in [-0.39, 0.29) is 5.04 Å². The Morgan fingerprint density at radius 3 is 2.62 bits per heavy atom. The molecule has 6 heteroatoms. The Morgan fingerprint density at radius 2 is 2.04 bits per heavy atom. The minimum Gasteiger partial charge on any atom is -0.414 e. The summed E-state index contributed by atoms with van der Waals surface area (Å²) in [5.41, 5.74) is 0. The largest absolute Gasteiger partial charge is 0.414 e. The summed E-state index contributed by atoms with van der Waals surface area (Å²) in [5, 5.41) is 2.42. The lowest BCUT2D eigenvalue weighted by Gasteiger charge is -2.45. The standard InChI is InChI=1S/C20H31BrN2OSSi/c1-20(2,3)26(4,5)24-17-9-7-6-8-15(17)18(23-12-11-22-14-23)19-16(21)10-13-25-19/h10-15,17-18H,6-9H2,1-5H3. The normalized spacial score (nSPS) is 23.2. The second kappa shape index (κ2) is 7.90. The van der Waals surface area contributed by atoms with Crippen LogP contribution in [0.5, 0.6) is 0 Å². The second-order valence-corrected chi connectivity index (χ2v) is 15.5. The number of rotatable bonds is 5. The third kappa shape index (κ3) is 4.18. The van der Waals surface area contributed by atoms with Gasteiger partial charge in [0, 0.05) is 27.7 Å². The van der Waals surface area contributed by atoms with E-state index in [4.69, 9.17) is 4.43 Å². The molecule has 1 aliphatic carbocycles. The molecule has 0 aliphatic heterocycles. The zero-order valence-corrected chi connectivity index (χ0v) is 19.9. The predicted octanol–water partition coefficient (Wildman–Crippen LogP) is 6.88. The minimum atomic E-state index is -1.80. The molecule has 144 valence electrons. The van der Waals surface area contributed by atoms with Crippen molar-refractivity contribution in [2.45, 2.75) is 76.7 Å². The Labute approximate surface area is 171 Å². The summed E-state index contributed by atoms with van der Waals surface area (Å²) in [5.74, 6) is 0.488. The van der Waals surface area contributed by atoms with E-state index in [0.717, 1.165) is 0 Å². The van der Waals surface area contributed by atoms with Crippen LogP contribution in [-0.2, 0) is 4.43 Å². The molecule has 2 aromatic rings. The van der Waals surface area contributed by atoms with Gasteiger partial charge in [0.1, 0.15) is 0 Å². The van der Waals surface area contributed by atoms with Crippen molar-refractivity contribution in [3.63, 3.8) is 0 Å². The molecule has 2 heterocycles. The van der Waals surface area contributed by atoms with Crippen molar-refractivity contribution in [1.29, 1.82) is 0 Å². The molecule has 1 aliphatic rings. The van der Waals surface area contributed by atoms with Crippen LogP contribution in [0.4, 0.5) is 0 Å². The number of hydrogen-bond donors (Lipinski definition) is 0. The summed E-state index contributed by atoms with van der Waals surface area (Å²) in [6, 6.07) is 2.46. The van der Waals surface area contributed by atoms with Crippen molar-refractivity contribution in [2.24, 2.45) is 5.92 Å². The first-order valence-electron chi connectivity index (χ1n) is 9.59. The van der Waals surface area contributed by atoms with Crippen LogP contribution in [0.1, 0.15) is 57.4 Å². The van der Waals surface area contributed by atoms with Crippen molar-refractivity contribution in [1.82, 2.24) is 9.55 Å². The Bertz CT molecular complexity index is 708. The van der Waals surface area contributed by atoms with Crippen LogP contribution in [0.15, 0.2) is 34.6 Å². The first kappa shape index (κ1) is 20.3. The molecule has 0 N–H and O–H groups in total. The molecule has 1 fully saturated rings. The van der Waals surface area contributed by atoms with Gasteiger partial charge in [-0.15, -0.1) is 11.3 Å². The maximum atomic E-state index is 6.97. The van der Waals surface area contributed by atoms with Gasteiger partial charge in [-0.3, -0.25) is 0 Å². The lowest BCUT2D eigenvalue weighted by molar-refractivity contribution is 0.0584. The van der Waals surface area contributed by atoms with Gasteiger partial charge in [-0.05, 0) is 58.4 Å². The van der Waals surface area contributed by atoms with E-state index in [1.807, 2.05) is 23.9 Å². The van der Waals surface area contributed by atoms with Crippen LogP contribution in [0.25, 0.3) is 0 Å². The van der Waals surface area contributed by atoms with Gasteiger partial charge in [0.15, 0.2) is 8.32 Å². The van der Waals surface area contributed by atoms with Gasteiger partial charge in [0.2, 0.25) is 0 Å². The van der Waals surface area contributed by atoms with Crippen LogP contribution in [-0.4, -0.2) is 24.0 Å². The van der Waals surface area contributed by atoms with Gasteiger partial charge >= 0.3 is 0 Å². The van der Waals surface area contributed by atoms with Gasteiger partial charge in [0.05, 0.1) is 18.5 Å². The first-order chi connectivity index (χ1) is 12.2. The summed E-state index contributed by atoms with van der Waals surface area (Å²) >= 11 is 5.61. The zero-order chi connectivity index (χ0) is 18.9. The lowest BCUT2D eigenvalue weighted by Crippen LogP contribution is -2.48. The highest BCUT2D eigenvalue weighted by Crippen LogP contribution is 2.46. The number of imidazole rings is 1. The highest BCUT2D eigenvalue weighted by Gasteiger charge is 2.43. The molecule has 3 atom stereocenters. The number of aromatic nitrogens is 2. The summed E-state index contributed by atoms with van der Waals surface area (Å²) in [6.07, 6.45) is 11.2. The highest BCUT2D eigenvalue weighted by molar-refractivity contribution is 9.10. The average molecular weight is 456 g/mol. The van der Waals surface area contributed by atoms with E-state index in [1.54, 1.807) is 0 Å². The average Bonchev–Trinajstić information content (AvgIpc) is 3.21. The Kier molecular flexibility index (Phi) is 6.17. The van der Waals surface area contributed by atoms with Gasteiger partial charge in [-0.1, -0.05) is 33.6 Å². The summed E-state index contributed by atoms with van der Waals surface area (Å²) in [7, 11) is -1.80. The smallest absolute Gasteiger partial charge is 0.192 e. The summed E-state index contributed by atoms with van der Waals surface area (Å²) in [6.45, 7) is 11.8. The minimum absolute atomic E-state index is 0.239. The van der Waals surface area contributed by atoms with Crippen LogP contribution >= 0.6 is 27.3 Å². The van der Waals surface area contributed by atoms with Crippen molar-refractivity contribution in [3.8, 4) is 0 Å². The molecule has 1 saturated carbocycles. The van der Waals surface area contributed by atoms with Crippen LogP contribution < -0.4 is 0 Å². The van der Waals surface area contributed by atoms with Gasteiger partial charge in [0.25, 0.3) is 0 Å². The second-order valence-electron chi connectivity index (χ2n) is 8.95. The highest BCUT2D eigenvalue weighted by atomic mass is 79.9. The van der Waals surface area contributed by atoms with Gasteiger partial charge in [-0.2, -0.15) is 0 Å². The predicted molar refractivity (Wildman–Crippen MR) is 116 cm³/mol. The molecular weight excluding hydrogens is 424 g/mol. The maximum Gasteiger partial charge on any atom is 0.192 e. The van der Waals surface area contributed by atoms with Crippen molar-refractivity contribution >= 4 is 35.6 Å². The fourth-order valence-electron chi connectivity index (χ4n) is 3.69. The summed E-state index contributed by atoms with van der Waals surface area (Å²) in [4.78, 5) is 5.72. The molecule has 0 saturated heterocycles. The van der Waals surface area contributed by atoms with Gasteiger partial charge in [-0.25, -0.2) is 4.98 Å². The van der Waals surface area contributed by atoms with E-state index >= 15 is 0 Å². The number of thiophene rings is 1. The number of nitrogens with zero attached hydrogens (tertiary/aromatic N) is 2. The van der Waals surface area contributed by atoms with E-state index in [0.29, 0.717) is 18.1 Å². The molecule has 3 unspecified atom stereocenters. The molecular formula is C20H31BrN2OSSi. The first-order valence-corrected chi connectivity index (χ1v) is 14.2. The Morgan fingerprint density at radius 1 is 1.31 bits per heavy atom. The zero-order valence-electron chi connectivity index (χ0n) is 16.5. The topological polar surface area (TPSA) is 27.1 Å². The maximum absolute atomic E-state index is 6.97. The Balaban J connectivity index is 1.95. The molecule has 2 aromatic heterocycles. The monoisotopic (exact) mass is 454 g/mol. The number of halogens is 1. The molecule has 3 nitrogen and oxygen atoms in total. The third-order valence-electron chi connectivity index (χ3n) is 6.17. The van der Waals surface area contributed by atoms with E-state index in [2.05, 4.69) is 77.0 Å². The van der Waals surface area contributed by atoms with Crippen LogP contribution in [0.3, 0.4) is 0 Å². The SMILES string of the molecule is CC(C)(C)[Si](C)(C)OC1CCCCC1C(c1sccc1Br)n1ccnc1. The molecule has 0 radical (unpaired) electrons. The fourth-order valence-corrected chi connectivity index (χ4v) is 6.88. The molecule has 0 aromatic carbocycles. The quantitative estimate of drug-likeness (QED) is 0.460. The van der Waals surface area contributed by atoms with E-state index < -0.39 is 8.32 Å². The molecule has 3 rings (SSSR count). The van der Waals surface area contributed by atoms with Crippen molar-refractivity contribution < 1.29 is 4.43 Å². The molecule has 0 bridgehead atoms. The Hall–Kier alpha value is -0.433. The summed E-state index contributed by atoms with van der Waals surface area (Å²) < 4.78 is 10.5. The lowest BCUT2D eigenvalue weighted by atomic mass is 9.81. The third-order valence-corrected chi connectivity index (χ3v) is 12.6. The molecule has 26 heavy (non-hydrogen) atoms. The molecule has 0 spiro atoms.